The lowest BCUT2D eigenvalue weighted by molar-refractivity contribution is -0.120. The molecule has 4 aromatic rings. The number of carbonyl (C=O) groups excluding carboxylic acids is 2. The van der Waals surface area contributed by atoms with Gasteiger partial charge in [0.15, 0.2) is 0 Å². The van der Waals surface area contributed by atoms with Crippen LogP contribution in [0.1, 0.15) is 32.7 Å². The van der Waals surface area contributed by atoms with Gasteiger partial charge < -0.3 is 10.6 Å². The highest BCUT2D eigenvalue weighted by Gasteiger charge is 2.51. The highest BCUT2D eigenvalue weighted by atomic mass is 16.2. The van der Waals surface area contributed by atoms with Crippen LogP contribution in [0.4, 0.5) is 5.82 Å². The first-order valence-corrected chi connectivity index (χ1v) is 10.5. The van der Waals surface area contributed by atoms with E-state index in [-0.39, 0.29) is 11.8 Å². The van der Waals surface area contributed by atoms with Crippen molar-refractivity contribution in [2.24, 2.45) is 0 Å². The number of rotatable bonds is 3. The fraction of sp³-hybridized carbons (Fsp3) is 0.160. The predicted molar refractivity (Wildman–Crippen MR) is 119 cm³/mol. The molecule has 0 saturated heterocycles. The molecule has 0 saturated carbocycles. The van der Waals surface area contributed by atoms with Gasteiger partial charge in [-0.2, -0.15) is 0 Å². The average Bonchev–Trinajstić information content (AvgIpc) is 3.34. The molecule has 3 aromatic heterocycles. The summed E-state index contributed by atoms with van der Waals surface area (Å²) >= 11 is 0. The number of nitrogens with zero attached hydrogens (tertiary/aromatic N) is 3. The maximum absolute atomic E-state index is 12.9. The summed E-state index contributed by atoms with van der Waals surface area (Å²) in [5, 5.41) is 6.88. The van der Waals surface area contributed by atoms with E-state index in [4.69, 9.17) is 0 Å². The van der Waals surface area contributed by atoms with Crippen molar-refractivity contribution in [1.29, 1.82) is 0 Å². The molecule has 0 bridgehead atoms. The minimum Gasteiger partial charge on any atom is -0.347 e. The van der Waals surface area contributed by atoms with Crippen molar-refractivity contribution in [3.8, 4) is 0 Å². The van der Waals surface area contributed by atoms with Gasteiger partial charge in [-0.3, -0.25) is 19.6 Å². The summed E-state index contributed by atoms with van der Waals surface area (Å²) in [6.45, 7) is 0.381. The molecule has 1 aromatic carbocycles. The second-order valence-electron chi connectivity index (χ2n) is 8.30. The third kappa shape index (κ3) is 2.78. The van der Waals surface area contributed by atoms with Gasteiger partial charge in [-0.15, -0.1) is 0 Å². The van der Waals surface area contributed by atoms with Gasteiger partial charge in [0.1, 0.15) is 11.5 Å². The molecule has 32 heavy (non-hydrogen) atoms. The van der Waals surface area contributed by atoms with Crippen LogP contribution in [-0.2, 0) is 29.6 Å². The van der Waals surface area contributed by atoms with Crippen molar-refractivity contribution in [2.75, 3.05) is 5.32 Å². The zero-order valence-electron chi connectivity index (χ0n) is 17.1. The third-order valence-electron chi connectivity index (χ3n) is 6.47. The SMILES string of the molecule is O=C(NCc1cccc2ncccc12)c1cc2c(cn1)CC1(C2)C(=O)Nc2ncccc21. The van der Waals surface area contributed by atoms with E-state index in [2.05, 4.69) is 25.6 Å². The van der Waals surface area contributed by atoms with Gasteiger partial charge in [0.05, 0.1) is 10.9 Å². The first-order valence-electron chi connectivity index (χ1n) is 10.5. The largest absolute Gasteiger partial charge is 0.347 e. The number of amides is 2. The van der Waals surface area contributed by atoms with E-state index in [0.717, 1.165) is 33.2 Å². The van der Waals surface area contributed by atoms with E-state index in [9.17, 15) is 9.59 Å². The summed E-state index contributed by atoms with van der Waals surface area (Å²) in [4.78, 5) is 38.7. The molecule has 156 valence electrons. The fourth-order valence-electron chi connectivity index (χ4n) is 4.86. The summed E-state index contributed by atoms with van der Waals surface area (Å²) in [6.07, 6.45) is 6.25. The van der Waals surface area contributed by atoms with Crippen LogP contribution < -0.4 is 10.6 Å². The van der Waals surface area contributed by atoms with E-state index in [1.807, 2.05) is 48.5 Å². The topological polar surface area (TPSA) is 96.9 Å². The van der Waals surface area contributed by atoms with Crippen LogP contribution >= 0.6 is 0 Å². The van der Waals surface area contributed by atoms with Crippen molar-refractivity contribution in [3.05, 3.63) is 95.1 Å². The van der Waals surface area contributed by atoms with E-state index < -0.39 is 5.41 Å². The van der Waals surface area contributed by atoms with Gasteiger partial charge in [0, 0.05) is 36.1 Å². The zero-order chi connectivity index (χ0) is 21.7. The van der Waals surface area contributed by atoms with Crippen molar-refractivity contribution in [1.82, 2.24) is 20.3 Å². The number of hydrogen-bond acceptors (Lipinski definition) is 5. The molecule has 7 heteroatoms. The smallest absolute Gasteiger partial charge is 0.270 e. The minimum absolute atomic E-state index is 0.0435. The lowest BCUT2D eigenvalue weighted by Gasteiger charge is -2.20. The van der Waals surface area contributed by atoms with Crippen LogP contribution in [-0.4, -0.2) is 26.8 Å². The van der Waals surface area contributed by atoms with Crippen LogP contribution in [0, 0.1) is 0 Å². The highest BCUT2D eigenvalue weighted by molar-refractivity contribution is 6.06. The zero-order valence-corrected chi connectivity index (χ0v) is 17.1. The number of hydrogen-bond donors (Lipinski definition) is 2. The Morgan fingerprint density at radius 2 is 1.84 bits per heavy atom. The lowest BCUT2D eigenvalue weighted by Crippen LogP contribution is -2.35. The molecule has 1 aliphatic carbocycles. The predicted octanol–water partition coefficient (Wildman–Crippen LogP) is 2.94. The van der Waals surface area contributed by atoms with Crippen molar-refractivity contribution in [3.63, 3.8) is 0 Å². The fourth-order valence-corrected chi connectivity index (χ4v) is 4.86. The van der Waals surface area contributed by atoms with E-state index in [1.165, 1.54) is 0 Å². The first-order chi connectivity index (χ1) is 15.6. The van der Waals surface area contributed by atoms with Crippen LogP contribution in [0.2, 0.25) is 0 Å². The summed E-state index contributed by atoms with van der Waals surface area (Å²) in [5.74, 6) is 0.339. The number of fused-ring (bicyclic) bond motifs is 4. The molecule has 1 spiro atoms. The standard InChI is InChI=1S/C25H19N5O2/c31-23(29-13-15-4-1-7-20-18(15)5-2-8-26-20)21-10-16-11-25(12-17(16)14-28-21)19-6-3-9-27-22(19)30-24(25)32/h1-10,14H,11-13H2,(H,29,31)(H,27,30,32). The lowest BCUT2D eigenvalue weighted by atomic mass is 9.79. The maximum Gasteiger partial charge on any atom is 0.270 e. The Hall–Kier alpha value is -4.13. The number of aromatic nitrogens is 3. The number of pyridine rings is 3. The molecule has 0 fully saturated rings. The number of benzene rings is 1. The molecular formula is C25H19N5O2. The Morgan fingerprint density at radius 3 is 2.78 bits per heavy atom. The normalized spacial score (nSPS) is 18.4. The second kappa shape index (κ2) is 6.95. The van der Waals surface area contributed by atoms with Crippen LogP contribution in [0.25, 0.3) is 10.9 Å². The van der Waals surface area contributed by atoms with Gasteiger partial charge in [-0.05, 0) is 53.8 Å². The number of carbonyl (C=O) groups is 2. The Bertz CT molecular complexity index is 1410. The number of anilines is 1. The molecule has 2 aliphatic rings. The van der Waals surface area contributed by atoms with Crippen molar-refractivity contribution in [2.45, 2.75) is 24.8 Å². The van der Waals surface area contributed by atoms with Crippen LogP contribution in [0.3, 0.4) is 0 Å². The number of nitrogens with one attached hydrogen (secondary N) is 2. The average molecular weight is 421 g/mol. The van der Waals surface area contributed by atoms with E-state index in [1.54, 1.807) is 18.6 Å². The van der Waals surface area contributed by atoms with E-state index in [0.29, 0.717) is 30.9 Å². The Kier molecular flexibility index (Phi) is 4.04. The van der Waals surface area contributed by atoms with E-state index >= 15 is 0 Å². The minimum atomic E-state index is -0.668. The molecule has 1 aliphatic heterocycles. The molecule has 1 atom stereocenters. The first kappa shape index (κ1) is 18.6. The maximum atomic E-state index is 12.9. The molecule has 0 radical (unpaired) electrons. The molecule has 2 N–H and O–H groups in total. The molecule has 4 heterocycles. The van der Waals surface area contributed by atoms with Gasteiger partial charge in [-0.1, -0.05) is 24.3 Å². The third-order valence-corrected chi connectivity index (χ3v) is 6.47. The second-order valence-corrected chi connectivity index (χ2v) is 8.30. The summed E-state index contributed by atoms with van der Waals surface area (Å²) in [6, 6.07) is 15.4. The summed E-state index contributed by atoms with van der Waals surface area (Å²) < 4.78 is 0. The van der Waals surface area contributed by atoms with Gasteiger partial charge in [-0.25, -0.2) is 4.98 Å². The van der Waals surface area contributed by atoms with Gasteiger partial charge >= 0.3 is 0 Å². The van der Waals surface area contributed by atoms with Crippen LogP contribution in [0.15, 0.2) is 67.1 Å². The summed E-state index contributed by atoms with van der Waals surface area (Å²) in [7, 11) is 0. The molecule has 1 unspecified atom stereocenters. The van der Waals surface area contributed by atoms with Crippen molar-refractivity contribution >= 4 is 28.5 Å². The molecule has 6 rings (SSSR count). The van der Waals surface area contributed by atoms with Gasteiger partial charge in [0.25, 0.3) is 5.91 Å². The Labute approximate surface area is 183 Å². The molecular weight excluding hydrogens is 402 g/mol. The van der Waals surface area contributed by atoms with Gasteiger partial charge in [0.2, 0.25) is 5.91 Å². The van der Waals surface area contributed by atoms with Crippen molar-refractivity contribution < 1.29 is 9.59 Å². The quantitative estimate of drug-likeness (QED) is 0.530. The highest BCUT2D eigenvalue weighted by Crippen LogP contribution is 2.46. The monoisotopic (exact) mass is 421 g/mol. The Morgan fingerprint density at radius 1 is 1.00 bits per heavy atom. The van der Waals surface area contributed by atoms with Crippen LogP contribution in [0.5, 0.6) is 0 Å². The summed E-state index contributed by atoms with van der Waals surface area (Å²) in [5.41, 5.74) is 4.46. The molecule has 2 amide bonds. The molecule has 7 nitrogen and oxygen atoms in total. The Balaban J connectivity index is 1.24.